The maximum atomic E-state index is 10.1. The Kier molecular flexibility index (Phi) is 5.97. The number of pyridine rings is 1. The lowest BCUT2D eigenvalue weighted by Crippen LogP contribution is -2.52. The van der Waals surface area contributed by atoms with Crippen molar-refractivity contribution >= 4 is 40.4 Å². The summed E-state index contributed by atoms with van der Waals surface area (Å²) in [4.78, 5) is 0. The van der Waals surface area contributed by atoms with Crippen LogP contribution in [0.4, 0.5) is 0 Å². The second-order valence-corrected chi connectivity index (χ2v) is 15.4. The first-order valence-corrected chi connectivity index (χ1v) is 16.3. The minimum atomic E-state index is -1.83. The van der Waals surface area contributed by atoms with E-state index in [-0.39, 0.29) is 0 Å². The van der Waals surface area contributed by atoms with Crippen LogP contribution in [-0.2, 0) is 7.05 Å². The van der Waals surface area contributed by atoms with E-state index in [1.54, 1.807) is 0 Å². The molecule has 0 saturated carbocycles. The number of aromatic nitrogens is 1. The van der Waals surface area contributed by atoms with E-state index in [9.17, 15) is 5.26 Å². The van der Waals surface area contributed by atoms with Gasteiger partial charge in [0.1, 0.15) is 26.3 Å². The third-order valence-corrected chi connectivity index (χ3v) is 11.6. The van der Waals surface area contributed by atoms with Crippen LogP contribution < -0.4 is 14.9 Å². The van der Waals surface area contributed by atoms with Crippen molar-refractivity contribution < 1.29 is 8.98 Å². The fourth-order valence-electron chi connectivity index (χ4n) is 5.70. The number of hydrogen-bond acceptors (Lipinski definition) is 2. The van der Waals surface area contributed by atoms with E-state index >= 15 is 0 Å². The Balaban J connectivity index is 1.57. The van der Waals surface area contributed by atoms with Gasteiger partial charge in [-0.3, -0.25) is 0 Å². The van der Waals surface area contributed by atoms with Crippen LogP contribution in [0.25, 0.3) is 44.3 Å². The van der Waals surface area contributed by atoms with Gasteiger partial charge in [0.2, 0.25) is 5.69 Å². The van der Waals surface area contributed by atoms with Gasteiger partial charge in [0.05, 0.1) is 17.2 Å². The molecule has 2 heterocycles. The molecule has 2 aromatic heterocycles. The second kappa shape index (κ2) is 9.38. The summed E-state index contributed by atoms with van der Waals surface area (Å²) in [5.41, 5.74) is 8.64. The van der Waals surface area contributed by atoms with Gasteiger partial charge < -0.3 is 4.42 Å². The van der Waals surface area contributed by atoms with E-state index in [2.05, 4.69) is 130 Å². The molecule has 0 radical (unpaired) electrons. The van der Waals surface area contributed by atoms with Crippen molar-refractivity contribution in [1.82, 2.24) is 0 Å². The normalized spacial score (nSPS) is 11.7. The third-order valence-electron chi connectivity index (χ3n) is 8.09. The molecule has 0 saturated heterocycles. The third kappa shape index (κ3) is 4.07. The van der Waals surface area contributed by atoms with Crippen LogP contribution >= 0.6 is 0 Å². The molecule has 0 N–H and O–H groups in total. The first-order valence-electron chi connectivity index (χ1n) is 13.3. The Morgan fingerprint density at radius 1 is 0.744 bits per heavy atom. The Morgan fingerprint density at radius 2 is 1.38 bits per heavy atom. The lowest BCUT2D eigenvalue weighted by molar-refractivity contribution is -0.660. The summed E-state index contributed by atoms with van der Waals surface area (Å²) in [5.74, 6) is 0. The molecule has 0 amide bonds. The summed E-state index contributed by atoms with van der Waals surface area (Å²) in [7, 11) is 0.233. The van der Waals surface area contributed by atoms with Gasteiger partial charge in [-0.15, -0.1) is 0 Å². The SMILES string of the molecule is Cc1cc[n+](C)c(-c2c(C)ccc3c2oc2c(-c4ccc([Si](C)(C)c5ccccc5)cc4)c(C#N)ccc23)c1. The van der Waals surface area contributed by atoms with Gasteiger partial charge in [-0.25, -0.2) is 4.57 Å². The molecule has 0 aliphatic rings. The van der Waals surface area contributed by atoms with Crippen LogP contribution in [0.5, 0.6) is 0 Å². The van der Waals surface area contributed by atoms with Crippen LogP contribution in [0.3, 0.4) is 0 Å². The number of furan rings is 1. The molecular weight excluding hydrogens is 492 g/mol. The van der Waals surface area contributed by atoms with Gasteiger partial charge in [0.15, 0.2) is 6.20 Å². The predicted octanol–water partition coefficient (Wildman–Crippen LogP) is 7.06. The van der Waals surface area contributed by atoms with Crippen molar-refractivity contribution in [1.29, 1.82) is 5.26 Å². The highest BCUT2D eigenvalue weighted by Gasteiger charge is 2.27. The quantitative estimate of drug-likeness (QED) is 0.183. The van der Waals surface area contributed by atoms with Crippen LogP contribution in [0, 0.1) is 25.2 Å². The van der Waals surface area contributed by atoms with E-state index in [1.165, 1.54) is 15.9 Å². The summed E-state index contributed by atoms with van der Waals surface area (Å²) in [6.45, 7) is 9.00. The lowest BCUT2D eigenvalue weighted by Gasteiger charge is -2.24. The summed E-state index contributed by atoms with van der Waals surface area (Å²) in [6, 6.07) is 34.5. The fourth-order valence-corrected chi connectivity index (χ4v) is 8.06. The molecular formula is C35H31N2OSi+. The van der Waals surface area contributed by atoms with E-state index < -0.39 is 8.07 Å². The fraction of sp³-hybridized carbons (Fsp3) is 0.143. The van der Waals surface area contributed by atoms with Crippen LogP contribution in [-0.4, -0.2) is 8.07 Å². The minimum absolute atomic E-state index is 0.619. The van der Waals surface area contributed by atoms with Gasteiger partial charge in [0, 0.05) is 28.5 Å². The highest BCUT2D eigenvalue weighted by Crippen LogP contribution is 2.41. The number of hydrogen-bond donors (Lipinski definition) is 0. The summed E-state index contributed by atoms with van der Waals surface area (Å²) in [5, 5.41) is 15.0. The highest BCUT2D eigenvalue weighted by molar-refractivity contribution is 7.00. The largest absolute Gasteiger partial charge is 0.454 e. The average molecular weight is 524 g/mol. The zero-order valence-corrected chi connectivity index (χ0v) is 24.0. The molecule has 0 unspecified atom stereocenters. The molecule has 4 heteroatoms. The molecule has 4 aromatic carbocycles. The summed E-state index contributed by atoms with van der Waals surface area (Å²) >= 11 is 0. The van der Waals surface area contributed by atoms with E-state index in [4.69, 9.17) is 4.42 Å². The molecule has 0 aliphatic carbocycles. The van der Waals surface area contributed by atoms with Crippen LogP contribution in [0.1, 0.15) is 16.7 Å². The van der Waals surface area contributed by atoms with Gasteiger partial charge in [0.25, 0.3) is 0 Å². The second-order valence-electron chi connectivity index (χ2n) is 11.0. The van der Waals surface area contributed by atoms with Crippen molar-refractivity contribution in [2.24, 2.45) is 7.05 Å². The monoisotopic (exact) mass is 523 g/mol. The minimum Gasteiger partial charge on any atom is -0.454 e. The highest BCUT2D eigenvalue weighted by atomic mass is 28.3. The van der Waals surface area contributed by atoms with Crippen molar-refractivity contribution in [3.05, 3.63) is 114 Å². The van der Waals surface area contributed by atoms with Gasteiger partial charge >= 0.3 is 0 Å². The predicted molar refractivity (Wildman–Crippen MR) is 163 cm³/mol. The molecule has 6 aromatic rings. The number of aryl methyl sites for hydroxylation is 3. The molecule has 0 spiro atoms. The van der Waals surface area contributed by atoms with E-state index in [0.717, 1.165) is 49.9 Å². The average Bonchev–Trinajstić information content (AvgIpc) is 3.33. The van der Waals surface area contributed by atoms with Crippen molar-refractivity contribution in [2.45, 2.75) is 26.9 Å². The maximum absolute atomic E-state index is 10.1. The van der Waals surface area contributed by atoms with Crippen LogP contribution in [0.15, 0.2) is 102 Å². The Hall–Kier alpha value is -4.46. The molecule has 0 fully saturated rings. The Bertz CT molecular complexity index is 1910. The van der Waals surface area contributed by atoms with Gasteiger partial charge in [-0.05, 0) is 42.7 Å². The summed E-state index contributed by atoms with van der Waals surface area (Å²) in [6.07, 6.45) is 2.09. The first kappa shape index (κ1) is 24.8. The number of nitriles is 1. The number of nitrogens with zero attached hydrogens (tertiary/aromatic N) is 2. The number of fused-ring (bicyclic) bond motifs is 3. The summed E-state index contributed by atoms with van der Waals surface area (Å²) < 4.78 is 8.89. The smallest absolute Gasteiger partial charge is 0.216 e. The zero-order valence-electron chi connectivity index (χ0n) is 23.0. The maximum Gasteiger partial charge on any atom is 0.216 e. The number of benzene rings is 4. The van der Waals surface area contributed by atoms with Gasteiger partial charge in [-0.1, -0.05) is 90.2 Å². The van der Waals surface area contributed by atoms with Crippen LogP contribution in [0.2, 0.25) is 13.1 Å². The van der Waals surface area contributed by atoms with Crippen molar-refractivity contribution in [3.8, 4) is 28.5 Å². The van der Waals surface area contributed by atoms with Crippen molar-refractivity contribution in [2.75, 3.05) is 0 Å². The Morgan fingerprint density at radius 3 is 2.08 bits per heavy atom. The zero-order chi connectivity index (χ0) is 27.3. The Labute approximate surface area is 230 Å². The van der Waals surface area contributed by atoms with E-state index in [0.29, 0.717) is 5.56 Å². The molecule has 190 valence electrons. The molecule has 3 nitrogen and oxygen atoms in total. The standard InChI is InChI=1S/C35H31N2OSi/c1-23-19-20-37(3)31(21-23)32-24(2)11-17-29-30-18-14-26(22-36)33(35(30)38-34(29)32)25-12-15-28(16-13-25)39(4,5)27-9-7-6-8-10-27/h6-21H,1-5H3/q+1. The molecule has 6 rings (SSSR count). The molecule has 0 bridgehead atoms. The van der Waals surface area contributed by atoms with Gasteiger partial charge in [-0.2, -0.15) is 5.26 Å². The molecule has 0 atom stereocenters. The molecule has 0 aliphatic heterocycles. The lowest BCUT2D eigenvalue weighted by atomic mass is 9.96. The molecule has 39 heavy (non-hydrogen) atoms. The first-order chi connectivity index (χ1) is 18.8. The van der Waals surface area contributed by atoms with Crippen molar-refractivity contribution in [3.63, 3.8) is 0 Å². The number of rotatable bonds is 4. The van der Waals surface area contributed by atoms with E-state index in [1.807, 2.05) is 12.1 Å². The topological polar surface area (TPSA) is 40.8 Å².